The van der Waals surface area contributed by atoms with Crippen molar-refractivity contribution < 1.29 is 0 Å². The predicted octanol–water partition coefficient (Wildman–Crippen LogP) is 2.08. The zero-order chi connectivity index (χ0) is 10.9. The molecule has 0 aromatic carbocycles. The van der Waals surface area contributed by atoms with Gasteiger partial charge in [-0.1, -0.05) is 19.8 Å². The van der Waals surface area contributed by atoms with Crippen LogP contribution in [0.5, 0.6) is 0 Å². The monoisotopic (exact) mass is 228 g/mol. The fraction of sp³-hybridized carbons (Fsp3) is 1.00. The van der Waals surface area contributed by atoms with Crippen LogP contribution < -0.4 is 5.73 Å². The minimum absolute atomic E-state index is 0.356. The molecule has 1 heterocycles. The Bertz CT molecular complexity index is 214. The summed E-state index contributed by atoms with van der Waals surface area (Å²) in [6, 6.07) is 0.699. The largest absolute Gasteiger partial charge is 0.329 e. The number of nitrogens with zero attached hydrogens (tertiary/aromatic N) is 1. The molecule has 2 aliphatic rings. The second kappa shape index (κ2) is 4.64. The van der Waals surface area contributed by atoms with E-state index in [0.717, 1.165) is 11.8 Å². The van der Waals surface area contributed by atoms with Crippen LogP contribution in [-0.4, -0.2) is 40.6 Å². The van der Waals surface area contributed by atoms with Crippen LogP contribution >= 0.6 is 11.8 Å². The topological polar surface area (TPSA) is 29.3 Å². The molecule has 0 spiro atoms. The molecule has 3 heteroatoms. The Labute approximate surface area is 98.0 Å². The van der Waals surface area contributed by atoms with E-state index in [4.69, 9.17) is 5.73 Å². The third-order valence-electron chi connectivity index (χ3n) is 4.41. The lowest BCUT2D eigenvalue weighted by atomic mass is 9.92. The van der Waals surface area contributed by atoms with Crippen molar-refractivity contribution in [1.29, 1.82) is 0 Å². The molecule has 1 saturated carbocycles. The maximum Gasteiger partial charge on any atom is 0.0335 e. The molecule has 2 rings (SSSR count). The summed E-state index contributed by atoms with van der Waals surface area (Å²) >= 11 is 2.12. The smallest absolute Gasteiger partial charge is 0.0335 e. The van der Waals surface area contributed by atoms with E-state index in [0.29, 0.717) is 11.6 Å². The second-order valence-corrected chi connectivity index (χ2v) is 6.63. The van der Waals surface area contributed by atoms with E-state index in [1.807, 2.05) is 0 Å². The number of hydrogen-bond acceptors (Lipinski definition) is 3. The standard InChI is InChI=1S/C12H24N2S/c1-10-11(2)15-8-7-14(10)12(9-13)5-3-4-6-12/h10-11H,3-9,13H2,1-2H3. The highest BCUT2D eigenvalue weighted by Gasteiger charge is 2.42. The predicted molar refractivity (Wildman–Crippen MR) is 68.3 cm³/mol. The Kier molecular flexibility index (Phi) is 3.63. The van der Waals surface area contributed by atoms with E-state index in [1.54, 1.807) is 0 Å². The van der Waals surface area contributed by atoms with Crippen molar-refractivity contribution >= 4 is 11.8 Å². The van der Waals surface area contributed by atoms with Gasteiger partial charge in [0, 0.05) is 35.7 Å². The molecule has 0 amide bonds. The molecule has 2 fully saturated rings. The first-order chi connectivity index (χ1) is 7.19. The molecule has 0 radical (unpaired) electrons. The Morgan fingerprint density at radius 3 is 2.60 bits per heavy atom. The van der Waals surface area contributed by atoms with Crippen molar-refractivity contribution in [1.82, 2.24) is 4.90 Å². The maximum atomic E-state index is 6.06. The van der Waals surface area contributed by atoms with E-state index in [2.05, 4.69) is 30.5 Å². The van der Waals surface area contributed by atoms with Gasteiger partial charge < -0.3 is 5.73 Å². The van der Waals surface area contributed by atoms with Crippen LogP contribution in [0.15, 0.2) is 0 Å². The highest BCUT2D eigenvalue weighted by molar-refractivity contribution is 8.00. The van der Waals surface area contributed by atoms with Crippen molar-refractivity contribution in [3.63, 3.8) is 0 Å². The number of hydrogen-bond donors (Lipinski definition) is 1. The lowest BCUT2D eigenvalue weighted by Crippen LogP contribution is -2.60. The fourth-order valence-electron chi connectivity index (χ4n) is 3.24. The van der Waals surface area contributed by atoms with Crippen LogP contribution in [0, 0.1) is 0 Å². The summed E-state index contributed by atoms with van der Waals surface area (Å²) in [6.45, 7) is 6.84. The van der Waals surface area contributed by atoms with Gasteiger partial charge >= 0.3 is 0 Å². The van der Waals surface area contributed by atoms with Crippen molar-refractivity contribution in [2.75, 3.05) is 18.8 Å². The molecule has 2 N–H and O–H groups in total. The SMILES string of the molecule is CC1SCCN(C2(CN)CCCC2)C1C. The van der Waals surface area contributed by atoms with Crippen LogP contribution in [0.4, 0.5) is 0 Å². The summed E-state index contributed by atoms with van der Waals surface area (Å²) in [7, 11) is 0. The van der Waals surface area contributed by atoms with E-state index in [9.17, 15) is 0 Å². The highest BCUT2D eigenvalue weighted by atomic mass is 32.2. The normalized spacial score (nSPS) is 37.0. The molecule has 2 unspecified atom stereocenters. The Hall–Kier alpha value is 0.270. The van der Waals surface area contributed by atoms with Crippen LogP contribution in [0.3, 0.4) is 0 Å². The van der Waals surface area contributed by atoms with Crippen LogP contribution in [0.1, 0.15) is 39.5 Å². The molecule has 0 aromatic rings. The lowest BCUT2D eigenvalue weighted by Gasteiger charge is -2.49. The van der Waals surface area contributed by atoms with E-state index >= 15 is 0 Å². The maximum absolute atomic E-state index is 6.06. The molecule has 88 valence electrons. The summed E-state index contributed by atoms with van der Waals surface area (Å²) < 4.78 is 0. The van der Waals surface area contributed by atoms with Crippen LogP contribution in [0.25, 0.3) is 0 Å². The molecule has 0 aromatic heterocycles. The molecular formula is C12H24N2S. The summed E-state index contributed by atoms with van der Waals surface area (Å²) in [6.07, 6.45) is 5.40. The number of thioether (sulfide) groups is 1. The molecule has 2 nitrogen and oxygen atoms in total. The van der Waals surface area contributed by atoms with Gasteiger partial charge in [-0.15, -0.1) is 0 Å². The van der Waals surface area contributed by atoms with Crippen molar-refractivity contribution in [3.8, 4) is 0 Å². The first-order valence-corrected chi connectivity index (χ1v) is 7.33. The minimum Gasteiger partial charge on any atom is -0.329 e. The van der Waals surface area contributed by atoms with Gasteiger partial charge in [0.05, 0.1) is 0 Å². The quantitative estimate of drug-likeness (QED) is 0.784. The average Bonchev–Trinajstić information content (AvgIpc) is 2.72. The molecule has 1 aliphatic heterocycles. The fourth-order valence-corrected chi connectivity index (χ4v) is 4.34. The van der Waals surface area contributed by atoms with Gasteiger partial charge in [-0.2, -0.15) is 11.8 Å². The average molecular weight is 228 g/mol. The Morgan fingerprint density at radius 2 is 2.00 bits per heavy atom. The summed E-state index contributed by atoms with van der Waals surface area (Å²) in [5.41, 5.74) is 6.41. The third kappa shape index (κ3) is 2.06. The number of rotatable bonds is 2. The van der Waals surface area contributed by atoms with Crippen LogP contribution in [0.2, 0.25) is 0 Å². The van der Waals surface area contributed by atoms with E-state index < -0.39 is 0 Å². The molecule has 15 heavy (non-hydrogen) atoms. The van der Waals surface area contributed by atoms with E-state index in [-0.39, 0.29) is 0 Å². The van der Waals surface area contributed by atoms with Crippen LogP contribution in [-0.2, 0) is 0 Å². The van der Waals surface area contributed by atoms with Gasteiger partial charge in [0.1, 0.15) is 0 Å². The van der Waals surface area contributed by atoms with Gasteiger partial charge in [-0.05, 0) is 19.8 Å². The molecule has 1 saturated heterocycles. The van der Waals surface area contributed by atoms with Gasteiger partial charge in [-0.25, -0.2) is 0 Å². The van der Waals surface area contributed by atoms with Gasteiger partial charge in [0.2, 0.25) is 0 Å². The first kappa shape index (κ1) is 11.7. The second-order valence-electron chi connectivity index (χ2n) is 5.15. The summed E-state index contributed by atoms with van der Waals surface area (Å²) in [5.74, 6) is 1.28. The highest BCUT2D eigenvalue weighted by Crippen LogP contribution is 2.39. The van der Waals surface area contributed by atoms with Crippen molar-refractivity contribution in [2.45, 2.75) is 56.4 Å². The molecule has 2 atom stereocenters. The molecule has 0 bridgehead atoms. The van der Waals surface area contributed by atoms with E-state index in [1.165, 1.54) is 38.0 Å². The lowest BCUT2D eigenvalue weighted by molar-refractivity contribution is 0.0621. The molecule has 1 aliphatic carbocycles. The zero-order valence-corrected chi connectivity index (χ0v) is 10.9. The Morgan fingerprint density at radius 1 is 1.33 bits per heavy atom. The molecular weight excluding hydrogens is 204 g/mol. The minimum atomic E-state index is 0.356. The third-order valence-corrected chi connectivity index (χ3v) is 5.75. The first-order valence-electron chi connectivity index (χ1n) is 6.28. The van der Waals surface area contributed by atoms with Crippen molar-refractivity contribution in [3.05, 3.63) is 0 Å². The van der Waals surface area contributed by atoms with Gasteiger partial charge in [0.25, 0.3) is 0 Å². The summed E-state index contributed by atoms with van der Waals surface area (Å²) in [5, 5.41) is 0.766. The summed E-state index contributed by atoms with van der Waals surface area (Å²) in [4.78, 5) is 2.72. The number of nitrogens with two attached hydrogens (primary N) is 1. The Balaban J connectivity index is 2.12. The van der Waals surface area contributed by atoms with Crippen molar-refractivity contribution in [2.24, 2.45) is 5.73 Å². The zero-order valence-electron chi connectivity index (χ0n) is 10.0. The van der Waals surface area contributed by atoms with Gasteiger partial charge in [0.15, 0.2) is 0 Å². The van der Waals surface area contributed by atoms with Gasteiger partial charge in [-0.3, -0.25) is 4.90 Å².